The average Bonchev–Trinajstić information content (AvgIpc) is 2.68. The van der Waals surface area contributed by atoms with Crippen LogP contribution in [-0.4, -0.2) is 38.9 Å². The summed E-state index contributed by atoms with van der Waals surface area (Å²) < 4.78 is 32.7. The molecule has 0 aliphatic carbocycles. The van der Waals surface area contributed by atoms with E-state index in [1.165, 1.54) is 19.2 Å². The largest absolute Gasteiger partial charge is 0.497 e. The quantitative estimate of drug-likeness (QED) is 0.850. The summed E-state index contributed by atoms with van der Waals surface area (Å²) in [6.45, 7) is 2.83. The van der Waals surface area contributed by atoms with Crippen molar-refractivity contribution in [1.29, 1.82) is 0 Å². The molecule has 6 nitrogen and oxygen atoms in total. The number of anilines is 1. The molecule has 0 spiro atoms. The lowest BCUT2D eigenvalue weighted by Crippen LogP contribution is -2.42. The number of sulfonamides is 1. The van der Waals surface area contributed by atoms with Crippen LogP contribution in [0.4, 0.5) is 5.69 Å². The number of likely N-dealkylation sites (tertiary alicyclic amines) is 1. The second kappa shape index (κ2) is 8.00. The molecule has 1 saturated heterocycles. The Morgan fingerprint density at radius 2 is 1.89 bits per heavy atom. The fourth-order valence-electron chi connectivity index (χ4n) is 3.23. The summed E-state index contributed by atoms with van der Waals surface area (Å²) in [4.78, 5) is 14.7. The van der Waals surface area contributed by atoms with Gasteiger partial charge in [-0.1, -0.05) is 6.07 Å². The number of benzene rings is 2. The molecule has 0 bridgehead atoms. The summed E-state index contributed by atoms with van der Waals surface area (Å²) in [7, 11) is -2.25. The van der Waals surface area contributed by atoms with Gasteiger partial charge in [-0.2, -0.15) is 0 Å². The highest BCUT2D eigenvalue weighted by Crippen LogP contribution is 2.22. The number of hydrogen-bond donors (Lipinski definition) is 1. The predicted molar refractivity (Wildman–Crippen MR) is 105 cm³/mol. The van der Waals surface area contributed by atoms with E-state index in [-0.39, 0.29) is 16.8 Å². The summed E-state index contributed by atoms with van der Waals surface area (Å²) in [6, 6.07) is 13.0. The van der Waals surface area contributed by atoms with Gasteiger partial charge in [0.05, 0.1) is 12.0 Å². The van der Waals surface area contributed by atoms with Gasteiger partial charge in [0.1, 0.15) is 5.75 Å². The van der Waals surface area contributed by atoms with E-state index in [1.807, 2.05) is 4.90 Å². The molecular formula is C20H24N2O4S. The molecule has 0 unspecified atom stereocenters. The van der Waals surface area contributed by atoms with Gasteiger partial charge in [0.15, 0.2) is 0 Å². The number of rotatable bonds is 5. The van der Waals surface area contributed by atoms with Crippen LogP contribution in [-0.2, 0) is 10.0 Å². The fraction of sp³-hybridized carbons (Fsp3) is 0.350. The molecule has 1 aliphatic heterocycles. The normalized spacial score (nSPS) is 17.4. The molecule has 7 heteroatoms. The van der Waals surface area contributed by atoms with Crippen LogP contribution in [0.5, 0.6) is 5.75 Å². The minimum absolute atomic E-state index is 0.00981. The number of carbonyl (C=O) groups excluding carboxylic acids is 1. The van der Waals surface area contributed by atoms with E-state index in [4.69, 9.17) is 4.74 Å². The van der Waals surface area contributed by atoms with Crippen molar-refractivity contribution in [3.8, 4) is 5.75 Å². The topological polar surface area (TPSA) is 75.7 Å². The monoisotopic (exact) mass is 388 g/mol. The van der Waals surface area contributed by atoms with Crippen LogP contribution in [0.2, 0.25) is 0 Å². The van der Waals surface area contributed by atoms with Crippen molar-refractivity contribution >= 4 is 21.6 Å². The Balaban J connectivity index is 1.74. The van der Waals surface area contributed by atoms with E-state index >= 15 is 0 Å². The number of methoxy groups -OCH3 is 1. The van der Waals surface area contributed by atoms with E-state index in [9.17, 15) is 13.2 Å². The molecule has 1 atom stereocenters. The number of nitrogens with zero attached hydrogens (tertiary/aromatic N) is 1. The molecule has 1 N–H and O–H groups in total. The first kappa shape index (κ1) is 19.2. The van der Waals surface area contributed by atoms with Crippen molar-refractivity contribution in [3.63, 3.8) is 0 Å². The van der Waals surface area contributed by atoms with Crippen LogP contribution < -0.4 is 9.46 Å². The summed E-state index contributed by atoms with van der Waals surface area (Å²) in [5, 5.41) is 0. The molecule has 0 aromatic heterocycles. The van der Waals surface area contributed by atoms with Crippen LogP contribution in [0.1, 0.15) is 36.5 Å². The molecule has 2 aromatic carbocycles. The zero-order valence-corrected chi connectivity index (χ0v) is 16.3. The van der Waals surface area contributed by atoms with Gasteiger partial charge in [-0.3, -0.25) is 9.52 Å². The van der Waals surface area contributed by atoms with Gasteiger partial charge >= 0.3 is 0 Å². The van der Waals surface area contributed by atoms with Crippen molar-refractivity contribution in [2.24, 2.45) is 0 Å². The molecule has 0 saturated carbocycles. The molecule has 3 rings (SSSR count). The molecule has 144 valence electrons. The highest BCUT2D eigenvalue weighted by Gasteiger charge is 2.24. The van der Waals surface area contributed by atoms with Gasteiger partial charge in [-0.25, -0.2) is 8.42 Å². The maximum absolute atomic E-state index is 12.7. The Morgan fingerprint density at radius 1 is 1.15 bits per heavy atom. The highest BCUT2D eigenvalue weighted by molar-refractivity contribution is 7.92. The molecule has 1 aliphatic rings. The Kier molecular flexibility index (Phi) is 5.70. The third-order valence-electron chi connectivity index (χ3n) is 4.80. The number of amides is 1. The van der Waals surface area contributed by atoms with Gasteiger partial charge in [0.2, 0.25) is 0 Å². The van der Waals surface area contributed by atoms with Crippen LogP contribution in [0, 0.1) is 0 Å². The van der Waals surface area contributed by atoms with Gasteiger partial charge < -0.3 is 9.64 Å². The average molecular weight is 388 g/mol. The third kappa shape index (κ3) is 4.42. The summed E-state index contributed by atoms with van der Waals surface area (Å²) >= 11 is 0. The van der Waals surface area contributed by atoms with Crippen molar-refractivity contribution < 1.29 is 17.9 Å². The highest BCUT2D eigenvalue weighted by atomic mass is 32.2. The van der Waals surface area contributed by atoms with Crippen molar-refractivity contribution in [1.82, 2.24) is 4.90 Å². The number of hydrogen-bond acceptors (Lipinski definition) is 4. The third-order valence-corrected chi connectivity index (χ3v) is 6.18. The first-order chi connectivity index (χ1) is 12.9. The summed E-state index contributed by atoms with van der Waals surface area (Å²) in [6.07, 6.45) is 3.19. The number of nitrogens with one attached hydrogen (secondary N) is 1. The maximum Gasteiger partial charge on any atom is 0.262 e. The minimum atomic E-state index is -3.73. The minimum Gasteiger partial charge on any atom is -0.497 e. The molecule has 1 fully saturated rings. The number of carbonyl (C=O) groups is 1. The fourth-order valence-corrected chi connectivity index (χ4v) is 4.32. The second-order valence-corrected chi connectivity index (χ2v) is 8.39. The Hall–Kier alpha value is -2.54. The molecule has 1 amide bonds. The molecule has 1 heterocycles. The molecular weight excluding hydrogens is 364 g/mol. The second-order valence-electron chi connectivity index (χ2n) is 6.71. The van der Waals surface area contributed by atoms with Crippen LogP contribution in [0.25, 0.3) is 0 Å². The van der Waals surface area contributed by atoms with Gasteiger partial charge in [0, 0.05) is 29.9 Å². The van der Waals surface area contributed by atoms with Crippen molar-refractivity contribution in [3.05, 3.63) is 54.1 Å². The van der Waals surface area contributed by atoms with E-state index in [0.29, 0.717) is 17.0 Å². The Bertz CT molecular complexity index is 910. The van der Waals surface area contributed by atoms with Crippen molar-refractivity contribution in [2.45, 2.75) is 37.1 Å². The Labute approximate surface area is 160 Å². The van der Waals surface area contributed by atoms with Crippen LogP contribution in [0.3, 0.4) is 0 Å². The summed E-state index contributed by atoms with van der Waals surface area (Å²) in [5.74, 6) is 0.457. The number of ether oxygens (including phenoxy) is 1. The standard InChI is InChI=1S/C20H24N2O4S/c1-15-6-3-4-13-22(15)20(23)16-9-11-17(12-10-16)21-27(24,25)19-8-5-7-18(14-19)26-2/h5,7-12,14-15,21H,3-4,6,13H2,1-2H3/t15-/m1/s1. The SMILES string of the molecule is COc1cccc(S(=O)(=O)Nc2ccc(C(=O)N3CCCC[C@H]3C)cc2)c1. The lowest BCUT2D eigenvalue weighted by molar-refractivity contribution is 0.0635. The van der Waals surface area contributed by atoms with Crippen LogP contribution >= 0.6 is 0 Å². The first-order valence-corrected chi connectivity index (χ1v) is 10.5. The van der Waals surface area contributed by atoms with Crippen molar-refractivity contribution in [2.75, 3.05) is 18.4 Å². The van der Waals surface area contributed by atoms with Gasteiger partial charge in [0.25, 0.3) is 15.9 Å². The van der Waals surface area contributed by atoms with Gasteiger partial charge in [-0.15, -0.1) is 0 Å². The van der Waals surface area contributed by atoms with Crippen LogP contribution in [0.15, 0.2) is 53.4 Å². The lowest BCUT2D eigenvalue weighted by Gasteiger charge is -2.33. The van der Waals surface area contributed by atoms with E-state index in [0.717, 1.165) is 25.8 Å². The molecule has 2 aromatic rings. The molecule has 0 radical (unpaired) electrons. The maximum atomic E-state index is 12.7. The zero-order chi connectivity index (χ0) is 19.4. The number of piperidine rings is 1. The predicted octanol–water partition coefficient (Wildman–Crippen LogP) is 3.51. The zero-order valence-electron chi connectivity index (χ0n) is 15.5. The molecule has 27 heavy (non-hydrogen) atoms. The Morgan fingerprint density at radius 3 is 2.56 bits per heavy atom. The van der Waals surface area contributed by atoms with E-state index < -0.39 is 10.0 Å². The van der Waals surface area contributed by atoms with E-state index in [2.05, 4.69) is 11.6 Å². The summed E-state index contributed by atoms with van der Waals surface area (Å²) in [5.41, 5.74) is 0.967. The first-order valence-electron chi connectivity index (χ1n) is 8.98. The van der Waals surface area contributed by atoms with Gasteiger partial charge in [-0.05, 0) is 62.6 Å². The van der Waals surface area contributed by atoms with E-state index in [1.54, 1.807) is 36.4 Å². The lowest BCUT2D eigenvalue weighted by atomic mass is 10.0. The smallest absolute Gasteiger partial charge is 0.262 e.